The third-order valence-corrected chi connectivity index (χ3v) is 2.69. The number of aliphatic carboxylic acids is 1. The molecule has 0 spiro atoms. The smallest absolute Gasteiger partial charge is 0.356 e. The van der Waals surface area contributed by atoms with Gasteiger partial charge in [-0.3, -0.25) is 4.57 Å². The first-order chi connectivity index (χ1) is 6.91. The van der Waals surface area contributed by atoms with E-state index in [0.717, 1.165) is 12.2 Å². The van der Waals surface area contributed by atoms with E-state index < -0.39 is 13.6 Å². The van der Waals surface area contributed by atoms with Gasteiger partial charge in [0.1, 0.15) is 0 Å². The van der Waals surface area contributed by atoms with E-state index in [-0.39, 0.29) is 10.9 Å². The van der Waals surface area contributed by atoms with Gasteiger partial charge in [0.25, 0.3) is 0 Å². The molecule has 5 nitrogen and oxygen atoms in total. The largest absolute Gasteiger partial charge is 0.478 e. The Balaban J connectivity index is 3.19. The number of benzene rings is 1. The maximum atomic E-state index is 11.0. The van der Waals surface area contributed by atoms with Crippen molar-refractivity contribution in [1.82, 2.24) is 0 Å². The van der Waals surface area contributed by atoms with Crippen LogP contribution in [0, 0.1) is 0 Å². The van der Waals surface area contributed by atoms with Crippen LogP contribution in [0.1, 0.15) is 5.56 Å². The van der Waals surface area contributed by atoms with Gasteiger partial charge in [-0.15, -0.1) is 0 Å². The lowest BCUT2D eigenvalue weighted by molar-refractivity contribution is -0.131. The quantitative estimate of drug-likeness (QED) is 0.519. The third-order valence-electron chi connectivity index (χ3n) is 1.66. The first kappa shape index (κ1) is 11.7. The molecule has 0 unspecified atom stereocenters. The molecule has 1 aromatic carbocycles. The second-order valence-corrected chi connectivity index (χ2v) is 4.34. The van der Waals surface area contributed by atoms with Crippen molar-refractivity contribution in [3.05, 3.63) is 35.9 Å². The molecular weight excluding hydrogens is 219 g/mol. The maximum Gasteiger partial charge on any atom is 0.356 e. The summed E-state index contributed by atoms with van der Waals surface area (Å²) >= 11 is 0. The zero-order chi connectivity index (χ0) is 11.5. The van der Waals surface area contributed by atoms with Crippen LogP contribution in [0.5, 0.6) is 0 Å². The molecule has 1 aromatic rings. The van der Waals surface area contributed by atoms with Crippen molar-refractivity contribution in [2.24, 2.45) is 0 Å². The van der Waals surface area contributed by atoms with Gasteiger partial charge in [0.2, 0.25) is 0 Å². The second-order valence-electron chi connectivity index (χ2n) is 2.77. The van der Waals surface area contributed by atoms with E-state index in [1.807, 2.05) is 0 Å². The van der Waals surface area contributed by atoms with Gasteiger partial charge in [-0.25, -0.2) is 4.79 Å². The third kappa shape index (κ3) is 3.32. The molecule has 0 atom stereocenters. The highest BCUT2D eigenvalue weighted by Gasteiger charge is 2.19. The van der Waals surface area contributed by atoms with Crippen LogP contribution < -0.4 is 5.30 Å². The van der Waals surface area contributed by atoms with Gasteiger partial charge in [-0.05, 0) is 17.7 Å². The van der Waals surface area contributed by atoms with Crippen molar-refractivity contribution >= 4 is 24.9 Å². The van der Waals surface area contributed by atoms with Crippen LogP contribution in [-0.2, 0) is 9.36 Å². The zero-order valence-electron chi connectivity index (χ0n) is 7.57. The Morgan fingerprint density at radius 1 is 1.27 bits per heavy atom. The molecule has 0 aliphatic carbocycles. The molecule has 0 fully saturated rings. The van der Waals surface area contributed by atoms with Gasteiger partial charge in [-0.2, -0.15) is 0 Å². The van der Waals surface area contributed by atoms with Crippen molar-refractivity contribution < 1.29 is 24.3 Å². The van der Waals surface area contributed by atoms with Gasteiger partial charge >= 0.3 is 13.6 Å². The van der Waals surface area contributed by atoms with E-state index in [4.69, 9.17) is 14.9 Å². The summed E-state index contributed by atoms with van der Waals surface area (Å²) in [6.45, 7) is 0. The Morgan fingerprint density at radius 2 is 1.87 bits per heavy atom. The zero-order valence-corrected chi connectivity index (χ0v) is 8.46. The van der Waals surface area contributed by atoms with Crippen LogP contribution in [0.15, 0.2) is 30.3 Å². The van der Waals surface area contributed by atoms with Gasteiger partial charge in [0.05, 0.1) is 5.30 Å². The standard InChI is InChI=1S/C9H9O5P/c10-9(11)6-5-7-3-1-2-4-8(7)15(12,13)14/h1-6H,(H,10,11)(H2,12,13,14). The van der Waals surface area contributed by atoms with Crippen molar-refractivity contribution in [2.75, 3.05) is 0 Å². The highest BCUT2D eigenvalue weighted by molar-refractivity contribution is 7.60. The lowest BCUT2D eigenvalue weighted by atomic mass is 10.2. The lowest BCUT2D eigenvalue weighted by Gasteiger charge is -2.06. The van der Waals surface area contributed by atoms with E-state index in [2.05, 4.69) is 0 Å². The van der Waals surface area contributed by atoms with E-state index in [1.165, 1.54) is 18.2 Å². The predicted octanol–water partition coefficient (Wildman–Crippen LogP) is 0.587. The molecule has 15 heavy (non-hydrogen) atoms. The van der Waals surface area contributed by atoms with Gasteiger partial charge in [-0.1, -0.05) is 18.2 Å². The summed E-state index contributed by atoms with van der Waals surface area (Å²) in [5.41, 5.74) is 0.202. The molecule has 0 radical (unpaired) electrons. The molecule has 0 aliphatic heterocycles. The minimum absolute atomic E-state index is 0.178. The molecule has 0 heterocycles. The highest BCUT2D eigenvalue weighted by atomic mass is 31.2. The summed E-state index contributed by atoms with van der Waals surface area (Å²) in [5.74, 6) is -1.17. The van der Waals surface area contributed by atoms with Crippen LogP contribution in [0.3, 0.4) is 0 Å². The number of carboxylic acid groups (broad SMARTS) is 1. The number of rotatable bonds is 3. The van der Waals surface area contributed by atoms with E-state index in [1.54, 1.807) is 6.07 Å². The fraction of sp³-hybridized carbons (Fsp3) is 0. The monoisotopic (exact) mass is 228 g/mol. The van der Waals surface area contributed by atoms with Crippen molar-refractivity contribution in [3.63, 3.8) is 0 Å². The predicted molar refractivity (Wildman–Crippen MR) is 54.8 cm³/mol. The summed E-state index contributed by atoms with van der Waals surface area (Å²) in [4.78, 5) is 28.2. The second kappa shape index (κ2) is 4.40. The van der Waals surface area contributed by atoms with Gasteiger partial charge in [0.15, 0.2) is 0 Å². The Morgan fingerprint density at radius 3 is 2.40 bits per heavy atom. The lowest BCUT2D eigenvalue weighted by Crippen LogP contribution is -2.07. The average molecular weight is 228 g/mol. The van der Waals surface area contributed by atoms with Crippen molar-refractivity contribution in [2.45, 2.75) is 0 Å². The topological polar surface area (TPSA) is 94.8 Å². The van der Waals surface area contributed by atoms with Crippen molar-refractivity contribution in [1.29, 1.82) is 0 Å². The summed E-state index contributed by atoms with van der Waals surface area (Å²) < 4.78 is 11.0. The van der Waals surface area contributed by atoms with E-state index in [0.29, 0.717) is 0 Å². The van der Waals surface area contributed by atoms with Crippen LogP contribution in [0.2, 0.25) is 0 Å². The summed E-state index contributed by atoms with van der Waals surface area (Å²) in [7, 11) is -4.36. The minimum atomic E-state index is -4.36. The number of carboxylic acids is 1. The molecule has 0 bridgehead atoms. The SMILES string of the molecule is O=C(O)C=Cc1ccccc1P(=O)(O)O. The molecule has 0 aliphatic rings. The van der Waals surface area contributed by atoms with Crippen LogP contribution >= 0.6 is 7.60 Å². The highest BCUT2D eigenvalue weighted by Crippen LogP contribution is 2.34. The summed E-state index contributed by atoms with van der Waals surface area (Å²) in [5, 5.41) is 8.21. The number of hydrogen-bond acceptors (Lipinski definition) is 2. The fourth-order valence-corrected chi connectivity index (χ4v) is 1.82. The van der Waals surface area contributed by atoms with Crippen LogP contribution in [-0.4, -0.2) is 20.9 Å². The average Bonchev–Trinajstić information content (AvgIpc) is 2.13. The van der Waals surface area contributed by atoms with Crippen LogP contribution in [0.4, 0.5) is 0 Å². The molecule has 1 rings (SSSR count). The molecule has 6 heteroatoms. The maximum absolute atomic E-state index is 11.0. The molecule has 80 valence electrons. The van der Waals surface area contributed by atoms with E-state index >= 15 is 0 Å². The van der Waals surface area contributed by atoms with E-state index in [9.17, 15) is 9.36 Å². The van der Waals surface area contributed by atoms with Crippen LogP contribution in [0.25, 0.3) is 6.08 Å². The molecule has 0 aromatic heterocycles. The van der Waals surface area contributed by atoms with Gasteiger partial charge < -0.3 is 14.9 Å². The summed E-state index contributed by atoms with van der Waals surface area (Å²) in [6, 6.07) is 5.75. The Labute approximate surface area is 85.8 Å². The Kier molecular flexibility index (Phi) is 3.42. The molecule has 0 saturated heterocycles. The molecular formula is C9H9O5P. The molecule has 0 saturated carbocycles. The Bertz CT molecular complexity index is 446. The molecule has 3 N–H and O–H groups in total. The minimum Gasteiger partial charge on any atom is -0.478 e. The number of hydrogen-bond donors (Lipinski definition) is 3. The molecule has 0 amide bonds. The first-order valence-electron chi connectivity index (χ1n) is 3.97. The fourth-order valence-electron chi connectivity index (χ4n) is 1.05. The van der Waals surface area contributed by atoms with Crippen molar-refractivity contribution in [3.8, 4) is 0 Å². The number of carbonyl (C=O) groups is 1. The normalized spacial score (nSPS) is 11.9. The van der Waals surface area contributed by atoms with Gasteiger partial charge in [0, 0.05) is 6.08 Å². The first-order valence-corrected chi connectivity index (χ1v) is 5.58. The summed E-state index contributed by atoms with van der Waals surface area (Å²) in [6.07, 6.45) is 1.98. The Hall–Kier alpha value is -1.42.